The molecule has 141 valence electrons. The zero-order valence-electron chi connectivity index (χ0n) is 15.9. The Morgan fingerprint density at radius 3 is 2.23 bits per heavy atom. The lowest BCUT2D eigenvalue weighted by atomic mass is 9.96. The first-order valence-corrected chi connectivity index (χ1v) is 10.6. The average molecular weight is 355 g/mol. The van der Waals surface area contributed by atoms with E-state index in [2.05, 4.69) is 27.2 Å². The topological polar surface area (TPSA) is 37.7 Å². The number of carbonyl (C=O) groups is 1. The van der Waals surface area contributed by atoms with Crippen LogP contribution in [0.15, 0.2) is 24.3 Å². The van der Waals surface area contributed by atoms with E-state index in [0.29, 0.717) is 0 Å². The molecule has 0 aliphatic carbocycles. The molecule has 4 nitrogen and oxygen atoms in total. The molecule has 1 aromatic rings. The number of hydrogen-bond acceptors (Lipinski definition) is 3. The summed E-state index contributed by atoms with van der Waals surface area (Å²) < 4.78 is 0. The summed E-state index contributed by atoms with van der Waals surface area (Å²) in [5, 5.41) is 4.51. The van der Waals surface area contributed by atoms with Crippen LogP contribution in [-0.4, -0.2) is 55.5 Å². The lowest BCUT2D eigenvalue weighted by Gasteiger charge is -2.41. The smallest absolute Gasteiger partial charge is 0.181 e. The number of benzene rings is 1. The second kappa shape index (κ2) is 8.53. The Hall–Kier alpha value is -1.39. The first kappa shape index (κ1) is 18.0. The van der Waals surface area contributed by atoms with Crippen molar-refractivity contribution in [2.75, 3.05) is 37.6 Å². The van der Waals surface area contributed by atoms with Crippen molar-refractivity contribution in [1.29, 1.82) is 0 Å². The van der Waals surface area contributed by atoms with Gasteiger partial charge in [0.15, 0.2) is 5.78 Å². The van der Waals surface area contributed by atoms with E-state index in [1.165, 1.54) is 50.9 Å². The van der Waals surface area contributed by atoms with Gasteiger partial charge < -0.3 is 9.80 Å². The Labute approximate surface area is 157 Å². The van der Waals surface area contributed by atoms with Gasteiger partial charge in [-0.2, -0.15) is 0 Å². The fourth-order valence-electron chi connectivity index (χ4n) is 4.80. The Morgan fingerprint density at radius 2 is 1.58 bits per heavy atom. The first-order valence-electron chi connectivity index (χ1n) is 10.6. The minimum absolute atomic E-state index is 0.102. The van der Waals surface area contributed by atoms with Crippen LogP contribution in [-0.2, 0) is 0 Å². The predicted molar refractivity (Wildman–Crippen MR) is 106 cm³/mol. The Balaban J connectivity index is 1.32. The van der Waals surface area contributed by atoms with E-state index in [4.69, 9.17) is 0 Å². The summed E-state index contributed by atoms with van der Waals surface area (Å²) in [5.41, 5.74) is 2.09. The fraction of sp³-hybridized carbons (Fsp3) is 0.682. The third-order valence-electron chi connectivity index (χ3n) is 6.43. The second-order valence-electron chi connectivity index (χ2n) is 8.14. The van der Waals surface area contributed by atoms with Gasteiger partial charge in [-0.15, -0.1) is 0 Å². The van der Waals surface area contributed by atoms with Crippen LogP contribution in [0.5, 0.6) is 0 Å². The zero-order chi connectivity index (χ0) is 17.8. The molecule has 4 heteroatoms. The van der Waals surface area contributed by atoms with Crippen molar-refractivity contribution in [3.63, 3.8) is 0 Å². The molecule has 4 rings (SSSR count). The van der Waals surface area contributed by atoms with Crippen molar-refractivity contribution in [2.24, 2.45) is 0 Å². The second-order valence-corrected chi connectivity index (χ2v) is 8.14. The summed E-state index contributed by atoms with van der Waals surface area (Å²) in [6.07, 6.45) is 9.88. The van der Waals surface area contributed by atoms with Crippen LogP contribution in [0.2, 0.25) is 0 Å². The van der Waals surface area contributed by atoms with Gasteiger partial charge in [0.1, 0.15) is 0 Å². The maximum absolute atomic E-state index is 12.6. The highest BCUT2D eigenvalue weighted by Crippen LogP contribution is 2.25. The number of nitrogens with zero attached hydrogens (tertiary/aromatic N) is 3. The molecule has 1 atom stereocenters. The van der Waals surface area contributed by atoms with E-state index in [-0.39, 0.29) is 11.8 Å². The molecule has 0 saturated carbocycles. The lowest BCUT2D eigenvalue weighted by molar-refractivity contribution is 0.0924. The molecule has 0 bridgehead atoms. The molecule has 3 heterocycles. The van der Waals surface area contributed by atoms with E-state index in [0.717, 1.165) is 50.5 Å². The number of rotatable bonds is 4. The molecule has 3 aliphatic rings. The van der Waals surface area contributed by atoms with Crippen molar-refractivity contribution >= 4 is 11.5 Å². The highest BCUT2D eigenvalue weighted by Gasteiger charge is 2.26. The number of Topliss-reactive ketones (excluding diaryl/α,β-unsaturated/α-hetero) is 1. The average Bonchev–Trinajstić information content (AvgIpc) is 2.75. The van der Waals surface area contributed by atoms with E-state index in [9.17, 15) is 4.79 Å². The van der Waals surface area contributed by atoms with Crippen molar-refractivity contribution < 1.29 is 4.79 Å². The quantitative estimate of drug-likeness (QED) is 0.777. The minimum atomic E-state index is -0.102. The fourth-order valence-corrected chi connectivity index (χ4v) is 4.80. The molecule has 3 saturated heterocycles. The van der Waals surface area contributed by atoms with Crippen molar-refractivity contribution in [3.05, 3.63) is 29.8 Å². The molecule has 1 aromatic carbocycles. The molecule has 0 aromatic heterocycles. The predicted octanol–water partition coefficient (Wildman–Crippen LogP) is 3.48. The summed E-state index contributed by atoms with van der Waals surface area (Å²) in [5.74, 6) is 0.208. The number of anilines is 1. The summed E-state index contributed by atoms with van der Waals surface area (Å²) in [4.78, 5) is 17.8. The van der Waals surface area contributed by atoms with Gasteiger partial charge in [-0.25, -0.2) is 5.32 Å². The van der Waals surface area contributed by atoms with Gasteiger partial charge in [-0.1, -0.05) is 12.8 Å². The molecule has 0 spiro atoms. The van der Waals surface area contributed by atoms with E-state index in [1.807, 2.05) is 12.1 Å². The van der Waals surface area contributed by atoms with Crippen LogP contribution < -0.4 is 10.2 Å². The Morgan fingerprint density at radius 1 is 0.846 bits per heavy atom. The van der Waals surface area contributed by atoms with E-state index >= 15 is 0 Å². The van der Waals surface area contributed by atoms with Gasteiger partial charge in [0.05, 0.1) is 6.04 Å². The van der Waals surface area contributed by atoms with Crippen molar-refractivity contribution in [1.82, 2.24) is 10.2 Å². The van der Waals surface area contributed by atoms with Crippen molar-refractivity contribution in [3.8, 4) is 0 Å². The van der Waals surface area contributed by atoms with Gasteiger partial charge in [0.2, 0.25) is 0 Å². The molecule has 1 unspecified atom stereocenters. The molecule has 3 fully saturated rings. The van der Waals surface area contributed by atoms with Crippen molar-refractivity contribution in [2.45, 2.75) is 63.5 Å². The Kier molecular flexibility index (Phi) is 5.91. The van der Waals surface area contributed by atoms with Gasteiger partial charge in [0, 0.05) is 36.9 Å². The largest absolute Gasteiger partial charge is 0.371 e. The third-order valence-corrected chi connectivity index (χ3v) is 6.43. The number of piperidine rings is 3. The minimum Gasteiger partial charge on any atom is -0.371 e. The van der Waals surface area contributed by atoms with Crippen LogP contribution in [0.1, 0.15) is 61.7 Å². The van der Waals surface area contributed by atoms with Gasteiger partial charge >= 0.3 is 0 Å². The van der Waals surface area contributed by atoms with Crippen LogP contribution in [0.4, 0.5) is 5.69 Å². The van der Waals surface area contributed by atoms with Crippen LogP contribution in [0.3, 0.4) is 0 Å². The molecule has 1 radical (unpaired) electrons. The SMILES string of the molecule is O=C(c1ccc(N2CCC(N3CCCCC3)CC2)cc1)C1CCCC[N]1. The van der Waals surface area contributed by atoms with Gasteiger partial charge in [-0.05, 0) is 75.9 Å². The molecule has 26 heavy (non-hydrogen) atoms. The molecular formula is C22H32N3O. The maximum Gasteiger partial charge on any atom is 0.181 e. The van der Waals surface area contributed by atoms with Crippen LogP contribution in [0.25, 0.3) is 0 Å². The number of likely N-dealkylation sites (tertiary alicyclic amines) is 1. The lowest BCUT2D eigenvalue weighted by Crippen LogP contribution is -2.46. The van der Waals surface area contributed by atoms with Gasteiger partial charge in [0.25, 0.3) is 0 Å². The van der Waals surface area contributed by atoms with E-state index < -0.39 is 0 Å². The number of hydrogen-bond donors (Lipinski definition) is 0. The molecule has 0 amide bonds. The summed E-state index contributed by atoms with van der Waals surface area (Å²) in [6.45, 7) is 5.71. The summed E-state index contributed by atoms with van der Waals surface area (Å²) >= 11 is 0. The number of ketones is 1. The first-order chi connectivity index (χ1) is 12.8. The summed E-state index contributed by atoms with van der Waals surface area (Å²) in [7, 11) is 0. The highest BCUT2D eigenvalue weighted by atomic mass is 16.1. The zero-order valence-corrected chi connectivity index (χ0v) is 15.9. The standard InChI is InChI=1S/C22H32N3O/c26-22(21-6-2-3-13-23-21)18-7-9-19(10-8-18)25-16-11-20(12-17-25)24-14-4-1-5-15-24/h7-10,20-21H,1-6,11-17H2. The van der Waals surface area contributed by atoms with Gasteiger partial charge in [-0.3, -0.25) is 4.79 Å². The normalized spacial score (nSPS) is 26.0. The Bertz CT molecular complexity index is 580. The summed E-state index contributed by atoms with van der Waals surface area (Å²) in [6, 6.07) is 8.97. The number of carbonyl (C=O) groups excluding carboxylic acids is 1. The molecule has 3 aliphatic heterocycles. The monoisotopic (exact) mass is 354 g/mol. The third kappa shape index (κ3) is 4.12. The van der Waals surface area contributed by atoms with Crippen LogP contribution in [0, 0.1) is 0 Å². The molecule has 0 N–H and O–H groups in total. The maximum atomic E-state index is 12.6. The molecular weight excluding hydrogens is 322 g/mol. The van der Waals surface area contributed by atoms with E-state index in [1.54, 1.807) is 0 Å². The highest BCUT2D eigenvalue weighted by molar-refractivity contribution is 6.00. The van der Waals surface area contributed by atoms with Crippen LogP contribution >= 0.6 is 0 Å².